The van der Waals surface area contributed by atoms with Crippen LogP contribution in [0.1, 0.15) is 46.1 Å². The van der Waals surface area contributed by atoms with Gasteiger partial charge in [-0.1, -0.05) is 6.92 Å². The number of carbonyl (C=O) groups excluding carboxylic acids is 1. The van der Waals surface area contributed by atoms with E-state index >= 15 is 0 Å². The average molecular weight is 371 g/mol. The predicted octanol–water partition coefficient (Wildman–Crippen LogP) is 3.30. The maximum atomic E-state index is 13.1. The van der Waals surface area contributed by atoms with Gasteiger partial charge in [0.15, 0.2) is 11.0 Å². The summed E-state index contributed by atoms with van der Waals surface area (Å²) in [6, 6.07) is 0. The van der Waals surface area contributed by atoms with Gasteiger partial charge in [0.05, 0.1) is 17.6 Å². The van der Waals surface area contributed by atoms with E-state index in [1.54, 1.807) is 30.1 Å². The molecule has 3 heterocycles. The number of amides is 1. The van der Waals surface area contributed by atoms with Gasteiger partial charge in [0, 0.05) is 36.7 Å². The molecule has 0 unspecified atom stereocenters. The van der Waals surface area contributed by atoms with Gasteiger partial charge in [0.25, 0.3) is 5.91 Å². The summed E-state index contributed by atoms with van der Waals surface area (Å²) in [5.41, 5.74) is 3.85. The van der Waals surface area contributed by atoms with Crippen LogP contribution in [0.5, 0.6) is 0 Å². The molecule has 3 aromatic heterocycles. The molecule has 0 aliphatic heterocycles. The smallest absolute Gasteiger partial charge is 0.297 e. The monoisotopic (exact) mass is 371 g/mol. The molecule has 4 rings (SSSR count). The molecule has 0 fully saturated rings. The molecule has 136 valence electrons. The third-order valence-electron chi connectivity index (χ3n) is 4.61. The molecule has 8 heteroatoms. The predicted molar refractivity (Wildman–Crippen MR) is 99.7 cm³/mol. The summed E-state index contributed by atoms with van der Waals surface area (Å²) in [7, 11) is 1.96. The fraction of sp³-hybridized carbons (Fsp3) is 0.444. The molecule has 7 nitrogen and oxygen atoms in total. The number of anilines is 1. The van der Waals surface area contributed by atoms with Gasteiger partial charge < -0.3 is 4.42 Å². The quantitative estimate of drug-likeness (QED) is 0.703. The first-order valence-electron chi connectivity index (χ1n) is 8.76. The van der Waals surface area contributed by atoms with Crippen LogP contribution in [0.4, 0.5) is 5.13 Å². The van der Waals surface area contributed by atoms with E-state index in [0.717, 1.165) is 30.5 Å². The number of hydrogen-bond acceptors (Lipinski definition) is 6. The zero-order valence-corrected chi connectivity index (χ0v) is 16.2. The maximum absolute atomic E-state index is 13.1. The highest BCUT2D eigenvalue weighted by atomic mass is 32.1. The first kappa shape index (κ1) is 17.0. The molecule has 0 saturated carbocycles. The molecule has 1 aliphatic rings. The lowest BCUT2D eigenvalue weighted by molar-refractivity contribution is 0.0958. The highest BCUT2D eigenvalue weighted by molar-refractivity contribution is 7.16. The van der Waals surface area contributed by atoms with E-state index < -0.39 is 0 Å². The van der Waals surface area contributed by atoms with Crippen LogP contribution in [-0.2, 0) is 19.9 Å². The molecule has 0 atom stereocenters. The lowest BCUT2D eigenvalue weighted by Crippen LogP contribution is -2.31. The number of aromatic nitrogens is 4. The fourth-order valence-corrected chi connectivity index (χ4v) is 4.48. The number of hydrogen-bond donors (Lipinski definition) is 0. The molecule has 0 N–H and O–H groups in total. The number of aryl methyl sites for hydroxylation is 4. The molecule has 0 spiro atoms. The van der Waals surface area contributed by atoms with Gasteiger partial charge in [0.2, 0.25) is 5.76 Å². The van der Waals surface area contributed by atoms with Crippen LogP contribution in [0, 0.1) is 13.8 Å². The van der Waals surface area contributed by atoms with Crippen molar-refractivity contribution in [2.75, 3.05) is 11.4 Å². The number of fused-ring (bicyclic) bond motifs is 3. The molecule has 1 aliphatic carbocycles. The van der Waals surface area contributed by atoms with E-state index in [2.05, 4.69) is 10.1 Å². The minimum atomic E-state index is -0.178. The normalized spacial score (nSPS) is 12.8. The Balaban J connectivity index is 1.74. The third-order valence-corrected chi connectivity index (χ3v) is 5.75. The van der Waals surface area contributed by atoms with Crippen LogP contribution in [0.15, 0.2) is 10.6 Å². The molecular weight excluding hydrogens is 350 g/mol. The second-order valence-electron chi connectivity index (χ2n) is 6.50. The van der Waals surface area contributed by atoms with Crippen molar-refractivity contribution in [3.63, 3.8) is 0 Å². The first-order valence-corrected chi connectivity index (χ1v) is 9.58. The van der Waals surface area contributed by atoms with Crippen molar-refractivity contribution in [3.8, 4) is 11.3 Å². The van der Waals surface area contributed by atoms with Crippen molar-refractivity contribution >= 4 is 22.4 Å². The van der Waals surface area contributed by atoms with Gasteiger partial charge >= 0.3 is 0 Å². The zero-order chi connectivity index (χ0) is 18.4. The van der Waals surface area contributed by atoms with Gasteiger partial charge in [-0.2, -0.15) is 5.10 Å². The lowest BCUT2D eigenvalue weighted by Gasteiger charge is -2.17. The van der Waals surface area contributed by atoms with Crippen molar-refractivity contribution in [1.82, 2.24) is 19.7 Å². The van der Waals surface area contributed by atoms with Crippen LogP contribution in [-0.4, -0.2) is 32.2 Å². The standard InChI is InChI=1S/C18H21N5O2S/c1-5-8-23(17(24)16-10(2)20-11(3)25-16)18-21-15-12-9-19-22(4)13(12)6-7-14(15)26-18/h9H,5-8H2,1-4H3. The van der Waals surface area contributed by atoms with Crippen LogP contribution in [0.2, 0.25) is 0 Å². The molecule has 3 aromatic rings. The summed E-state index contributed by atoms with van der Waals surface area (Å²) in [5.74, 6) is 0.620. The Labute approximate surface area is 155 Å². The SMILES string of the molecule is CCCN(C(=O)c1oc(C)nc1C)c1nc2c(s1)CCc1c-2cnn1C. The second-order valence-corrected chi connectivity index (χ2v) is 7.56. The maximum Gasteiger partial charge on any atom is 0.297 e. The summed E-state index contributed by atoms with van der Waals surface area (Å²) < 4.78 is 7.46. The Kier molecular flexibility index (Phi) is 4.14. The van der Waals surface area contributed by atoms with E-state index in [-0.39, 0.29) is 5.91 Å². The van der Waals surface area contributed by atoms with Crippen LogP contribution >= 0.6 is 11.3 Å². The largest absolute Gasteiger partial charge is 0.436 e. The van der Waals surface area contributed by atoms with Gasteiger partial charge in [-0.15, -0.1) is 11.3 Å². The Morgan fingerprint density at radius 3 is 2.85 bits per heavy atom. The van der Waals surface area contributed by atoms with Gasteiger partial charge in [0.1, 0.15) is 0 Å². The Hall–Kier alpha value is -2.48. The Morgan fingerprint density at radius 2 is 2.15 bits per heavy atom. The summed E-state index contributed by atoms with van der Waals surface area (Å²) in [4.78, 5) is 25.0. The first-order chi connectivity index (χ1) is 12.5. The molecule has 0 saturated heterocycles. The van der Waals surface area contributed by atoms with E-state index in [0.29, 0.717) is 29.0 Å². The minimum Gasteiger partial charge on any atom is -0.436 e. The topological polar surface area (TPSA) is 77.1 Å². The van der Waals surface area contributed by atoms with Crippen LogP contribution in [0.3, 0.4) is 0 Å². The fourth-order valence-electron chi connectivity index (χ4n) is 3.38. The molecule has 0 aromatic carbocycles. The lowest BCUT2D eigenvalue weighted by atomic mass is 10.0. The van der Waals surface area contributed by atoms with Crippen LogP contribution < -0.4 is 4.90 Å². The van der Waals surface area contributed by atoms with Gasteiger partial charge in [-0.05, 0) is 26.2 Å². The van der Waals surface area contributed by atoms with E-state index in [1.165, 1.54) is 10.6 Å². The Bertz CT molecular complexity index is 984. The number of thiazole rings is 1. The van der Waals surface area contributed by atoms with Gasteiger partial charge in [-0.25, -0.2) is 9.97 Å². The van der Waals surface area contributed by atoms with Crippen molar-refractivity contribution in [1.29, 1.82) is 0 Å². The molecule has 0 radical (unpaired) electrons. The van der Waals surface area contributed by atoms with Gasteiger partial charge in [-0.3, -0.25) is 14.4 Å². The average Bonchev–Trinajstić information content (AvgIpc) is 3.28. The van der Waals surface area contributed by atoms with E-state index in [9.17, 15) is 4.79 Å². The van der Waals surface area contributed by atoms with Crippen LogP contribution in [0.25, 0.3) is 11.3 Å². The zero-order valence-electron chi connectivity index (χ0n) is 15.4. The van der Waals surface area contributed by atoms with E-state index in [4.69, 9.17) is 9.40 Å². The molecular formula is C18H21N5O2S. The molecule has 1 amide bonds. The second kappa shape index (κ2) is 6.35. The number of rotatable bonds is 4. The third kappa shape index (κ3) is 2.65. The van der Waals surface area contributed by atoms with Crippen molar-refractivity contribution < 1.29 is 9.21 Å². The summed E-state index contributed by atoms with van der Waals surface area (Å²) in [6.07, 6.45) is 4.57. The van der Waals surface area contributed by atoms with Crippen molar-refractivity contribution in [2.45, 2.75) is 40.0 Å². The highest BCUT2D eigenvalue weighted by Crippen LogP contribution is 2.39. The summed E-state index contributed by atoms with van der Waals surface area (Å²) in [6.45, 7) is 6.18. The van der Waals surface area contributed by atoms with E-state index in [1.807, 2.05) is 24.9 Å². The Morgan fingerprint density at radius 1 is 1.35 bits per heavy atom. The summed E-state index contributed by atoms with van der Waals surface area (Å²) >= 11 is 1.59. The number of nitrogens with zero attached hydrogens (tertiary/aromatic N) is 5. The number of carbonyl (C=O) groups is 1. The highest BCUT2D eigenvalue weighted by Gasteiger charge is 2.29. The number of oxazole rings is 1. The molecule has 26 heavy (non-hydrogen) atoms. The summed E-state index contributed by atoms with van der Waals surface area (Å²) in [5, 5.41) is 5.08. The molecule has 0 bridgehead atoms. The minimum absolute atomic E-state index is 0.178. The van der Waals surface area contributed by atoms with Crippen molar-refractivity contribution in [2.24, 2.45) is 7.05 Å². The van der Waals surface area contributed by atoms with Crippen molar-refractivity contribution in [3.05, 3.63) is 34.1 Å².